The number of anilines is 1. The van der Waals surface area contributed by atoms with Gasteiger partial charge in [0, 0.05) is 23.3 Å². The first kappa shape index (κ1) is 23.3. The summed E-state index contributed by atoms with van der Waals surface area (Å²) in [4.78, 5) is 27.5. The van der Waals surface area contributed by atoms with Crippen molar-refractivity contribution < 1.29 is 18.0 Å². The molecule has 2 N–H and O–H groups in total. The molecular weight excluding hydrogens is 471 g/mol. The molecule has 34 heavy (non-hydrogen) atoms. The number of alkyl halides is 3. The second-order valence-corrected chi connectivity index (χ2v) is 7.79. The van der Waals surface area contributed by atoms with Gasteiger partial charge in [-0.15, -0.1) is 5.10 Å². The van der Waals surface area contributed by atoms with Crippen molar-refractivity contribution in [3.05, 3.63) is 82.7 Å². The van der Waals surface area contributed by atoms with E-state index >= 15 is 0 Å². The minimum atomic E-state index is -4.62. The van der Waals surface area contributed by atoms with Crippen LogP contribution in [0.5, 0.6) is 0 Å². The Hall–Kier alpha value is -3.86. The first-order valence-electron chi connectivity index (χ1n) is 9.97. The largest absolute Gasteiger partial charge is 0.435 e. The van der Waals surface area contributed by atoms with Crippen molar-refractivity contribution >= 4 is 34.2 Å². The summed E-state index contributed by atoms with van der Waals surface area (Å²) in [6.07, 6.45) is -1.54. The van der Waals surface area contributed by atoms with Gasteiger partial charge < -0.3 is 10.6 Å². The SMILES string of the molecule is CC(c1ncccn1)N(Cc1ccc(C(F)(F)F)nn1)C(=O)c1ccc2nc(N)c(Cl)cc2c1. The van der Waals surface area contributed by atoms with Crippen LogP contribution in [0.1, 0.15) is 40.5 Å². The molecule has 0 saturated carbocycles. The van der Waals surface area contributed by atoms with E-state index in [4.69, 9.17) is 17.3 Å². The van der Waals surface area contributed by atoms with E-state index in [9.17, 15) is 18.0 Å². The number of halogens is 4. The van der Waals surface area contributed by atoms with E-state index in [2.05, 4.69) is 25.1 Å². The fourth-order valence-electron chi connectivity index (χ4n) is 3.28. The molecule has 3 aromatic heterocycles. The average Bonchev–Trinajstić information content (AvgIpc) is 2.82. The molecule has 0 radical (unpaired) electrons. The molecular formula is C22H17ClF3N7O. The van der Waals surface area contributed by atoms with Gasteiger partial charge in [-0.05, 0) is 49.4 Å². The van der Waals surface area contributed by atoms with E-state index in [0.717, 1.165) is 6.07 Å². The van der Waals surface area contributed by atoms with Crippen molar-refractivity contribution in [3.63, 3.8) is 0 Å². The lowest BCUT2D eigenvalue weighted by atomic mass is 10.1. The van der Waals surface area contributed by atoms with Gasteiger partial charge in [-0.3, -0.25) is 4.79 Å². The van der Waals surface area contributed by atoms with Crippen LogP contribution < -0.4 is 5.73 Å². The fourth-order valence-corrected chi connectivity index (χ4v) is 3.44. The summed E-state index contributed by atoms with van der Waals surface area (Å²) in [5.41, 5.74) is 5.65. The molecule has 4 rings (SSSR count). The Morgan fingerprint density at radius 3 is 2.50 bits per heavy atom. The van der Waals surface area contributed by atoms with Gasteiger partial charge in [0.2, 0.25) is 0 Å². The Balaban J connectivity index is 1.70. The second-order valence-electron chi connectivity index (χ2n) is 7.39. The summed E-state index contributed by atoms with van der Waals surface area (Å²) in [6.45, 7) is 1.59. The van der Waals surface area contributed by atoms with E-state index in [1.807, 2.05) is 0 Å². The van der Waals surface area contributed by atoms with E-state index in [0.29, 0.717) is 22.3 Å². The quantitative estimate of drug-likeness (QED) is 0.442. The molecule has 174 valence electrons. The molecule has 0 spiro atoms. The summed E-state index contributed by atoms with van der Waals surface area (Å²) in [5.74, 6) is 0.107. The molecule has 12 heteroatoms. The van der Waals surface area contributed by atoms with Crippen LogP contribution in [0, 0.1) is 0 Å². The van der Waals surface area contributed by atoms with Gasteiger partial charge in [0.15, 0.2) is 5.69 Å². The summed E-state index contributed by atoms with van der Waals surface area (Å²) >= 11 is 6.07. The molecule has 0 aliphatic rings. The van der Waals surface area contributed by atoms with Crippen LogP contribution in [0.25, 0.3) is 10.9 Å². The third-order valence-corrected chi connectivity index (χ3v) is 5.38. The van der Waals surface area contributed by atoms with Crippen LogP contribution in [0.2, 0.25) is 5.02 Å². The van der Waals surface area contributed by atoms with Crippen LogP contribution in [0.3, 0.4) is 0 Å². The monoisotopic (exact) mass is 487 g/mol. The highest BCUT2D eigenvalue weighted by atomic mass is 35.5. The number of nitrogen functional groups attached to an aromatic ring is 1. The Morgan fingerprint density at radius 1 is 1.12 bits per heavy atom. The number of nitrogens with zero attached hydrogens (tertiary/aromatic N) is 6. The molecule has 8 nitrogen and oxygen atoms in total. The Labute approximate surface area is 196 Å². The van der Waals surface area contributed by atoms with Crippen molar-refractivity contribution in [2.45, 2.75) is 25.7 Å². The van der Waals surface area contributed by atoms with Crippen LogP contribution in [0.4, 0.5) is 19.0 Å². The van der Waals surface area contributed by atoms with Crippen molar-refractivity contribution in [1.29, 1.82) is 0 Å². The molecule has 0 aliphatic heterocycles. The lowest BCUT2D eigenvalue weighted by molar-refractivity contribution is -0.141. The van der Waals surface area contributed by atoms with E-state index in [1.54, 1.807) is 37.3 Å². The van der Waals surface area contributed by atoms with E-state index in [-0.39, 0.29) is 23.1 Å². The number of rotatable bonds is 5. The number of amides is 1. The molecule has 3 heterocycles. The van der Waals surface area contributed by atoms with Crippen molar-refractivity contribution in [3.8, 4) is 0 Å². The van der Waals surface area contributed by atoms with E-state index in [1.165, 1.54) is 23.4 Å². The van der Waals surface area contributed by atoms with Gasteiger partial charge in [-0.1, -0.05) is 11.6 Å². The number of benzene rings is 1. The average molecular weight is 488 g/mol. The highest BCUT2D eigenvalue weighted by molar-refractivity contribution is 6.33. The van der Waals surface area contributed by atoms with Crippen molar-refractivity contribution in [1.82, 2.24) is 30.0 Å². The standard InChI is InChI=1S/C22H17ClF3N7O/c1-12(20-28-7-2-8-29-20)33(11-15-4-6-18(32-31-15)22(24,25)26)21(34)13-3-5-17-14(9-13)10-16(23)19(27)30-17/h2-10,12H,11H2,1H3,(H2,27,30). The fraction of sp³-hybridized carbons (Fsp3) is 0.182. The van der Waals surface area contributed by atoms with Gasteiger partial charge in [-0.25, -0.2) is 15.0 Å². The summed E-state index contributed by atoms with van der Waals surface area (Å²) in [7, 11) is 0. The molecule has 0 aliphatic carbocycles. The molecule has 0 saturated heterocycles. The van der Waals surface area contributed by atoms with Gasteiger partial charge >= 0.3 is 6.18 Å². The lowest BCUT2D eigenvalue weighted by Crippen LogP contribution is -2.34. The topological polar surface area (TPSA) is 111 Å². The van der Waals surface area contributed by atoms with Crippen LogP contribution in [-0.4, -0.2) is 36.0 Å². The van der Waals surface area contributed by atoms with Crippen LogP contribution >= 0.6 is 11.6 Å². The maximum atomic E-state index is 13.5. The highest BCUT2D eigenvalue weighted by Gasteiger charge is 2.33. The predicted molar refractivity (Wildman–Crippen MR) is 119 cm³/mol. The third kappa shape index (κ3) is 4.88. The van der Waals surface area contributed by atoms with Gasteiger partial charge in [0.1, 0.15) is 11.6 Å². The molecule has 1 amide bonds. The number of carbonyl (C=O) groups is 1. The van der Waals surface area contributed by atoms with Crippen LogP contribution in [0.15, 0.2) is 54.9 Å². The number of hydrogen-bond donors (Lipinski definition) is 1. The molecule has 1 atom stereocenters. The zero-order chi connectivity index (χ0) is 24.5. The summed E-state index contributed by atoms with van der Waals surface area (Å²) in [6, 6.07) is 9.44. The Morgan fingerprint density at radius 2 is 1.85 bits per heavy atom. The number of nitrogens with two attached hydrogens (primary N) is 1. The molecule has 1 aromatic carbocycles. The van der Waals surface area contributed by atoms with Crippen molar-refractivity contribution in [2.75, 3.05) is 5.73 Å². The number of fused-ring (bicyclic) bond motifs is 1. The van der Waals surface area contributed by atoms with Gasteiger partial charge in [0.05, 0.1) is 28.8 Å². The summed E-state index contributed by atoms with van der Waals surface area (Å²) in [5, 5.41) is 7.76. The molecule has 0 fully saturated rings. The second kappa shape index (κ2) is 9.18. The first-order valence-corrected chi connectivity index (χ1v) is 10.3. The first-order chi connectivity index (χ1) is 16.1. The minimum Gasteiger partial charge on any atom is -0.382 e. The maximum Gasteiger partial charge on any atom is 0.435 e. The number of aromatic nitrogens is 5. The zero-order valence-corrected chi connectivity index (χ0v) is 18.4. The number of carbonyl (C=O) groups excluding carboxylic acids is 1. The normalized spacial score (nSPS) is 12.5. The Bertz CT molecular complexity index is 1330. The molecule has 4 aromatic rings. The van der Waals surface area contributed by atoms with Gasteiger partial charge in [0.25, 0.3) is 5.91 Å². The minimum absolute atomic E-state index is 0.123. The maximum absolute atomic E-state index is 13.5. The van der Waals surface area contributed by atoms with E-state index < -0.39 is 23.8 Å². The lowest BCUT2D eigenvalue weighted by Gasteiger charge is -2.28. The summed E-state index contributed by atoms with van der Waals surface area (Å²) < 4.78 is 38.6. The van der Waals surface area contributed by atoms with Gasteiger partial charge in [-0.2, -0.15) is 18.3 Å². The third-order valence-electron chi connectivity index (χ3n) is 5.07. The molecule has 0 bridgehead atoms. The zero-order valence-electron chi connectivity index (χ0n) is 17.7. The van der Waals surface area contributed by atoms with Crippen molar-refractivity contribution in [2.24, 2.45) is 0 Å². The predicted octanol–water partition coefficient (Wildman–Crippen LogP) is 4.47. The molecule has 1 unspecified atom stereocenters. The number of pyridine rings is 1. The Kier molecular flexibility index (Phi) is 6.29. The highest BCUT2D eigenvalue weighted by Crippen LogP contribution is 2.28. The smallest absolute Gasteiger partial charge is 0.382 e. The number of hydrogen-bond acceptors (Lipinski definition) is 7. The van der Waals surface area contributed by atoms with Crippen LogP contribution in [-0.2, 0) is 12.7 Å².